The Balaban J connectivity index is 1.70. The molecule has 382 valence electrons. The fourth-order valence-electron chi connectivity index (χ4n) is 8.48. The van der Waals surface area contributed by atoms with Crippen LogP contribution in [0.2, 0.25) is 0 Å². The number of aliphatic hydroxyl groups excluding tert-OH is 1. The van der Waals surface area contributed by atoms with Gasteiger partial charge in [-0.25, -0.2) is 0 Å². The molecule has 1 N–H and O–H groups in total. The van der Waals surface area contributed by atoms with Gasteiger partial charge in [0.1, 0.15) is 37.1 Å². The van der Waals surface area contributed by atoms with Crippen LogP contribution in [-0.4, -0.2) is 115 Å². The highest BCUT2D eigenvalue weighted by Gasteiger charge is 2.58. The molecule has 16 heteroatoms. The summed E-state index contributed by atoms with van der Waals surface area (Å²) in [7, 11) is 0. The van der Waals surface area contributed by atoms with E-state index in [1.54, 1.807) is 27.7 Å². The Kier molecular flexibility index (Phi) is 24.5. The van der Waals surface area contributed by atoms with Crippen LogP contribution >= 0.6 is 0 Å². The lowest BCUT2D eigenvalue weighted by Gasteiger charge is -2.45. The third kappa shape index (κ3) is 19.2. The summed E-state index contributed by atoms with van der Waals surface area (Å²) in [6, 6.07) is 9.70. The number of aliphatic hydroxyl groups is 1. The molecule has 0 aromatic heterocycles. The van der Waals surface area contributed by atoms with Crippen LogP contribution in [0.3, 0.4) is 0 Å². The largest absolute Gasteiger partial charge is 0.463 e. The molecule has 67 heavy (non-hydrogen) atoms. The maximum absolute atomic E-state index is 13.8. The highest BCUT2D eigenvalue weighted by Crippen LogP contribution is 2.41. The lowest BCUT2D eigenvalue weighted by atomic mass is 9.97. The fraction of sp³-hybridized carbons (Fsp3) is 0.804. The molecular weight excluding hydrogens is 869 g/mol. The van der Waals surface area contributed by atoms with Crippen LogP contribution in [0.1, 0.15) is 177 Å². The van der Waals surface area contributed by atoms with E-state index in [2.05, 4.69) is 6.92 Å². The molecule has 1 unspecified atom stereocenters. The first-order valence-corrected chi connectivity index (χ1v) is 25.2. The number of rotatable bonds is 31. The van der Waals surface area contributed by atoms with Crippen LogP contribution < -0.4 is 0 Å². The topological polar surface area (TPSA) is 190 Å². The number of hydrogen-bond donors (Lipinski definition) is 1. The summed E-state index contributed by atoms with van der Waals surface area (Å²) in [5, 5.41) is 12.2. The van der Waals surface area contributed by atoms with Gasteiger partial charge in [-0.3, -0.25) is 19.2 Å². The summed E-state index contributed by atoms with van der Waals surface area (Å²) in [6.07, 6.45) is -1.73. The van der Waals surface area contributed by atoms with Crippen molar-refractivity contribution >= 4 is 23.9 Å². The lowest BCUT2D eigenvalue weighted by Crippen LogP contribution is -2.64. The average molecular weight is 951 g/mol. The molecule has 1 aromatic rings. The predicted octanol–water partition coefficient (Wildman–Crippen LogP) is 8.68. The molecular formula is C51H82O16. The predicted molar refractivity (Wildman–Crippen MR) is 246 cm³/mol. The summed E-state index contributed by atoms with van der Waals surface area (Å²) in [5.41, 5.74) is 0.975. The molecule has 0 bridgehead atoms. The number of hydrogen-bond acceptors (Lipinski definition) is 16. The highest BCUT2D eigenvalue weighted by molar-refractivity contribution is 5.72. The van der Waals surface area contributed by atoms with E-state index >= 15 is 0 Å². The van der Waals surface area contributed by atoms with Crippen molar-refractivity contribution in [1.82, 2.24) is 0 Å². The minimum absolute atomic E-state index is 0.0330. The molecule has 0 spiro atoms. The van der Waals surface area contributed by atoms with E-state index < -0.39 is 103 Å². The molecule has 0 amide bonds. The second-order valence-electron chi connectivity index (χ2n) is 18.9. The van der Waals surface area contributed by atoms with E-state index in [1.807, 2.05) is 51.1 Å². The molecule has 3 heterocycles. The van der Waals surface area contributed by atoms with Gasteiger partial charge in [-0.05, 0) is 58.9 Å². The number of unbranched alkanes of at least 4 members (excludes halogenated alkanes) is 10. The van der Waals surface area contributed by atoms with Crippen LogP contribution in [0.4, 0.5) is 0 Å². The molecule has 4 rings (SSSR count). The van der Waals surface area contributed by atoms with Crippen LogP contribution in [-0.2, 0) is 77.9 Å². The standard InChI is InChI=1S/C51H82O16/c1-9-13-17-18-25-31-41(55)62-47-44(61-40(54)30-22-16-12-4)42(60-39(53)29-21-15-11-3)36(34-58-38(52)28-20-14-10-2)59-49(47)63-48(56)46-45(66-51(7,8)67-46)43-37(64-50(5,6)65-43)33-57-32-35-26-23-19-24-27-35/h19,23-24,26-27,36-37,42-49,56H,9-18,20-22,25,28-34H2,1-8H3/t36-,37-,42-,43-,44+,45+,46+,47+,48?,49+/m1/s1. The zero-order chi connectivity index (χ0) is 48.8. The molecule has 0 saturated carbocycles. The molecule has 1 aromatic carbocycles. The van der Waals surface area contributed by atoms with Crippen LogP contribution in [0.15, 0.2) is 30.3 Å². The molecule has 3 aliphatic rings. The van der Waals surface area contributed by atoms with E-state index in [-0.39, 0.29) is 32.3 Å². The van der Waals surface area contributed by atoms with Gasteiger partial charge in [-0.1, -0.05) is 122 Å². The monoisotopic (exact) mass is 951 g/mol. The van der Waals surface area contributed by atoms with Gasteiger partial charge >= 0.3 is 23.9 Å². The van der Waals surface area contributed by atoms with Gasteiger partial charge in [-0.2, -0.15) is 0 Å². The Morgan fingerprint density at radius 3 is 1.66 bits per heavy atom. The number of carbonyl (C=O) groups excluding carboxylic acids is 4. The Morgan fingerprint density at radius 1 is 0.567 bits per heavy atom. The van der Waals surface area contributed by atoms with Crippen molar-refractivity contribution in [2.45, 2.75) is 251 Å². The van der Waals surface area contributed by atoms with E-state index in [1.165, 1.54) is 0 Å². The zero-order valence-electron chi connectivity index (χ0n) is 41.6. The van der Waals surface area contributed by atoms with Crippen LogP contribution in [0, 0.1) is 0 Å². The van der Waals surface area contributed by atoms with Crippen molar-refractivity contribution in [1.29, 1.82) is 0 Å². The Morgan fingerprint density at radius 2 is 1.06 bits per heavy atom. The normalized spacial score (nSPS) is 27.0. The van der Waals surface area contributed by atoms with Crippen molar-refractivity contribution in [3.63, 3.8) is 0 Å². The maximum atomic E-state index is 13.8. The van der Waals surface area contributed by atoms with Gasteiger partial charge in [0.15, 0.2) is 36.2 Å². The van der Waals surface area contributed by atoms with E-state index in [9.17, 15) is 24.3 Å². The van der Waals surface area contributed by atoms with Crippen molar-refractivity contribution in [2.75, 3.05) is 13.2 Å². The molecule has 10 atom stereocenters. The first-order valence-electron chi connectivity index (χ1n) is 25.2. The molecule has 3 fully saturated rings. The Labute approximate surface area is 399 Å². The molecule has 0 aliphatic carbocycles. The average Bonchev–Trinajstić information content (AvgIpc) is 3.78. The zero-order valence-corrected chi connectivity index (χ0v) is 41.6. The van der Waals surface area contributed by atoms with E-state index in [0.717, 1.165) is 69.8 Å². The van der Waals surface area contributed by atoms with Crippen molar-refractivity contribution in [3.8, 4) is 0 Å². The maximum Gasteiger partial charge on any atom is 0.306 e. The minimum atomic E-state index is -1.85. The van der Waals surface area contributed by atoms with Crippen molar-refractivity contribution in [2.24, 2.45) is 0 Å². The highest BCUT2D eigenvalue weighted by atomic mass is 16.8. The number of carbonyl (C=O) groups is 4. The van der Waals surface area contributed by atoms with Gasteiger partial charge in [0.05, 0.1) is 13.2 Å². The molecule has 0 radical (unpaired) electrons. The smallest absolute Gasteiger partial charge is 0.306 e. The molecule has 3 aliphatic heterocycles. The van der Waals surface area contributed by atoms with E-state index in [4.69, 9.17) is 52.1 Å². The quantitative estimate of drug-likeness (QED) is 0.0322. The fourth-order valence-corrected chi connectivity index (χ4v) is 8.48. The first-order chi connectivity index (χ1) is 32.1. The lowest BCUT2D eigenvalue weighted by molar-refractivity contribution is -0.347. The summed E-state index contributed by atoms with van der Waals surface area (Å²) in [6.45, 7) is 15.1. The van der Waals surface area contributed by atoms with Crippen molar-refractivity contribution < 1.29 is 76.4 Å². The number of benzene rings is 1. The van der Waals surface area contributed by atoms with E-state index in [0.29, 0.717) is 32.3 Å². The molecule has 3 saturated heterocycles. The minimum Gasteiger partial charge on any atom is -0.463 e. The molecule has 16 nitrogen and oxygen atoms in total. The Hall–Kier alpha value is -3.22. The van der Waals surface area contributed by atoms with Gasteiger partial charge in [0.25, 0.3) is 0 Å². The number of ether oxygens (including phenoxy) is 11. The van der Waals surface area contributed by atoms with Crippen LogP contribution in [0.5, 0.6) is 0 Å². The van der Waals surface area contributed by atoms with Crippen molar-refractivity contribution in [3.05, 3.63) is 35.9 Å². The van der Waals surface area contributed by atoms with Gasteiger partial charge < -0.3 is 57.2 Å². The Bertz CT molecular complexity index is 1600. The summed E-state index contributed by atoms with van der Waals surface area (Å²) >= 11 is 0. The number of esters is 4. The summed E-state index contributed by atoms with van der Waals surface area (Å²) < 4.78 is 68.5. The first kappa shape index (κ1) is 56.4. The van der Waals surface area contributed by atoms with Gasteiger partial charge in [0.2, 0.25) is 6.29 Å². The van der Waals surface area contributed by atoms with Gasteiger partial charge in [-0.15, -0.1) is 0 Å². The van der Waals surface area contributed by atoms with Gasteiger partial charge in [0, 0.05) is 25.7 Å². The summed E-state index contributed by atoms with van der Waals surface area (Å²) in [4.78, 5) is 54.1. The third-order valence-corrected chi connectivity index (χ3v) is 11.9. The second kappa shape index (κ2) is 29.1. The SMILES string of the molecule is CCCCCCCC(=O)O[C@@H]1[C@H](OC(O)[C@H]2OC(C)(C)O[C@H]2[C@@H]2OC(C)(C)O[C@@H]2COCc2ccccc2)O[C@H](COC(=O)CCCCC)[C@@H](OC(=O)CCCCC)[C@@H]1OC(=O)CCCCC. The second-order valence-corrected chi connectivity index (χ2v) is 18.9. The van der Waals surface area contributed by atoms with Crippen LogP contribution in [0.25, 0.3) is 0 Å². The third-order valence-electron chi connectivity index (χ3n) is 11.9. The summed E-state index contributed by atoms with van der Waals surface area (Å²) in [5.74, 6) is -4.66.